The summed E-state index contributed by atoms with van der Waals surface area (Å²) in [6.07, 6.45) is 0.367. The second kappa shape index (κ2) is 8.64. The third kappa shape index (κ3) is 7.11. The Labute approximate surface area is 126 Å². The van der Waals surface area contributed by atoms with E-state index in [0.29, 0.717) is 6.42 Å². The summed E-state index contributed by atoms with van der Waals surface area (Å²) >= 11 is 0. The molecule has 2 unspecified atom stereocenters. The number of nitrogens with one attached hydrogen (secondary N) is 1. The van der Waals surface area contributed by atoms with Gasteiger partial charge in [-0.3, -0.25) is 14.4 Å². The molecule has 21 heavy (non-hydrogen) atoms. The van der Waals surface area contributed by atoms with Gasteiger partial charge in [0.1, 0.15) is 6.04 Å². The van der Waals surface area contributed by atoms with E-state index in [1.165, 1.54) is 4.90 Å². The molecule has 0 rings (SSSR count). The Kier molecular flexibility index (Phi) is 7.99. The first-order valence-corrected chi connectivity index (χ1v) is 7.33. The smallest absolute Gasteiger partial charge is 0.308 e. The molecule has 122 valence electrons. The van der Waals surface area contributed by atoms with Gasteiger partial charge < -0.3 is 15.3 Å². The molecule has 0 aliphatic carbocycles. The van der Waals surface area contributed by atoms with Crippen molar-refractivity contribution in [2.24, 2.45) is 17.8 Å². The molecular formula is C15H28N2O4. The van der Waals surface area contributed by atoms with Crippen LogP contribution < -0.4 is 5.32 Å². The van der Waals surface area contributed by atoms with Crippen molar-refractivity contribution in [2.45, 2.75) is 47.1 Å². The number of carbonyl (C=O) groups excluding carboxylic acids is 2. The lowest BCUT2D eigenvalue weighted by atomic mass is 10.0. The van der Waals surface area contributed by atoms with E-state index in [0.717, 1.165) is 0 Å². The molecule has 0 fully saturated rings. The minimum atomic E-state index is -0.945. The fraction of sp³-hybridized carbons (Fsp3) is 0.800. The minimum Gasteiger partial charge on any atom is -0.481 e. The molecule has 0 saturated heterocycles. The molecule has 0 aromatic heterocycles. The summed E-state index contributed by atoms with van der Waals surface area (Å²) in [6.45, 7) is 9.25. The zero-order valence-electron chi connectivity index (χ0n) is 13.8. The Hall–Kier alpha value is -1.59. The fourth-order valence-corrected chi connectivity index (χ4v) is 1.93. The molecule has 2 amide bonds. The number of carboxylic acid groups (broad SMARTS) is 1. The molecule has 6 heteroatoms. The Bertz CT molecular complexity index is 380. The first kappa shape index (κ1) is 19.4. The Morgan fingerprint density at radius 3 is 2.00 bits per heavy atom. The molecular weight excluding hydrogens is 272 g/mol. The van der Waals surface area contributed by atoms with Crippen LogP contribution in [0.4, 0.5) is 0 Å². The maximum Gasteiger partial charge on any atom is 0.308 e. The van der Waals surface area contributed by atoms with E-state index in [4.69, 9.17) is 5.11 Å². The standard InChI is InChI=1S/C15H28N2O4/c1-9(2)7-12(18)16-13(10(3)4)14(19)17(6)8-11(5)15(20)21/h9-11,13H,7-8H2,1-6H3,(H,16,18)(H,20,21). The van der Waals surface area contributed by atoms with Crippen LogP contribution in [0, 0.1) is 17.8 Å². The largest absolute Gasteiger partial charge is 0.481 e. The van der Waals surface area contributed by atoms with Gasteiger partial charge in [0.15, 0.2) is 0 Å². The van der Waals surface area contributed by atoms with Gasteiger partial charge in [-0.1, -0.05) is 34.6 Å². The van der Waals surface area contributed by atoms with Crippen LogP contribution in [0.25, 0.3) is 0 Å². The highest BCUT2D eigenvalue weighted by molar-refractivity contribution is 5.88. The summed E-state index contributed by atoms with van der Waals surface area (Å²) in [7, 11) is 1.56. The third-order valence-electron chi connectivity index (χ3n) is 3.19. The lowest BCUT2D eigenvalue weighted by molar-refractivity contribution is -0.144. The summed E-state index contributed by atoms with van der Waals surface area (Å²) in [6, 6.07) is -0.623. The Balaban J connectivity index is 4.76. The fourth-order valence-electron chi connectivity index (χ4n) is 1.93. The Morgan fingerprint density at radius 1 is 1.10 bits per heavy atom. The second-order valence-corrected chi connectivity index (χ2v) is 6.35. The van der Waals surface area contributed by atoms with E-state index in [9.17, 15) is 14.4 Å². The van der Waals surface area contributed by atoms with Crippen LogP contribution in [-0.4, -0.2) is 47.4 Å². The van der Waals surface area contributed by atoms with Crippen molar-refractivity contribution in [3.05, 3.63) is 0 Å². The minimum absolute atomic E-state index is 0.0591. The monoisotopic (exact) mass is 300 g/mol. The number of carbonyl (C=O) groups is 3. The van der Waals surface area contributed by atoms with Crippen LogP contribution in [0.2, 0.25) is 0 Å². The summed E-state index contributed by atoms with van der Waals surface area (Å²) in [4.78, 5) is 36.5. The van der Waals surface area contributed by atoms with Crippen LogP contribution in [0.5, 0.6) is 0 Å². The number of carboxylic acids is 1. The van der Waals surface area contributed by atoms with Gasteiger partial charge in [0, 0.05) is 20.0 Å². The third-order valence-corrected chi connectivity index (χ3v) is 3.19. The molecule has 6 nitrogen and oxygen atoms in total. The number of amides is 2. The highest BCUT2D eigenvalue weighted by Gasteiger charge is 2.28. The van der Waals surface area contributed by atoms with Crippen molar-refractivity contribution in [1.29, 1.82) is 0 Å². The molecule has 2 atom stereocenters. The molecule has 0 bridgehead atoms. The van der Waals surface area contributed by atoms with Crippen molar-refractivity contribution < 1.29 is 19.5 Å². The van der Waals surface area contributed by atoms with E-state index in [-0.39, 0.29) is 30.2 Å². The molecule has 0 aliphatic rings. The van der Waals surface area contributed by atoms with Crippen LogP contribution in [0.1, 0.15) is 41.0 Å². The summed E-state index contributed by atoms with van der Waals surface area (Å²) < 4.78 is 0. The van der Waals surface area contributed by atoms with Crippen molar-refractivity contribution in [1.82, 2.24) is 10.2 Å². The van der Waals surface area contributed by atoms with Gasteiger partial charge in [-0.25, -0.2) is 0 Å². The maximum absolute atomic E-state index is 12.4. The van der Waals surface area contributed by atoms with Crippen LogP contribution in [0.3, 0.4) is 0 Å². The predicted molar refractivity (Wildman–Crippen MR) is 80.7 cm³/mol. The van der Waals surface area contributed by atoms with E-state index in [1.54, 1.807) is 14.0 Å². The normalized spacial score (nSPS) is 13.9. The number of nitrogens with zero attached hydrogens (tertiary/aromatic N) is 1. The van der Waals surface area contributed by atoms with Gasteiger partial charge in [-0.15, -0.1) is 0 Å². The van der Waals surface area contributed by atoms with Crippen LogP contribution in [-0.2, 0) is 14.4 Å². The van der Waals surface area contributed by atoms with E-state index in [1.807, 2.05) is 27.7 Å². The summed E-state index contributed by atoms with van der Waals surface area (Å²) in [5, 5.41) is 11.7. The highest BCUT2D eigenvalue weighted by atomic mass is 16.4. The van der Waals surface area contributed by atoms with E-state index < -0.39 is 17.9 Å². The number of hydrogen-bond donors (Lipinski definition) is 2. The van der Waals surface area contributed by atoms with Gasteiger partial charge in [0.25, 0.3) is 0 Å². The van der Waals surface area contributed by atoms with Crippen LogP contribution in [0.15, 0.2) is 0 Å². The molecule has 0 aromatic rings. The summed E-state index contributed by atoms with van der Waals surface area (Å²) in [5.74, 6) is -1.83. The molecule has 0 spiro atoms. The first-order valence-electron chi connectivity index (χ1n) is 7.33. The van der Waals surface area contributed by atoms with Crippen molar-refractivity contribution >= 4 is 17.8 Å². The van der Waals surface area contributed by atoms with Gasteiger partial charge in [0.05, 0.1) is 5.92 Å². The lowest BCUT2D eigenvalue weighted by Gasteiger charge is -2.28. The topological polar surface area (TPSA) is 86.7 Å². The quantitative estimate of drug-likeness (QED) is 0.708. The van der Waals surface area contributed by atoms with Crippen molar-refractivity contribution in [3.63, 3.8) is 0 Å². The zero-order valence-corrected chi connectivity index (χ0v) is 13.8. The number of likely N-dealkylation sites (N-methyl/N-ethyl adjacent to an activating group) is 1. The van der Waals surface area contributed by atoms with Gasteiger partial charge in [-0.2, -0.15) is 0 Å². The number of aliphatic carboxylic acids is 1. The molecule has 0 radical (unpaired) electrons. The molecule has 0 aliphatic heterocycles. The SMILES string of the molecule is CC(C)CC(=O)NC(C(=O)N(C)CC(C)C(=O)O)C(C)C. The molecule has 2 N–H and O–H groups in total. The number of hydrogen-bond acceptors (Lipinski definition) is 3. The second-order valence-electron chi connectivity index (χ2n) is 6.35. The molecule has 0 saturated carbocycles. The van der Waals surface area contributed by atoms with Crippen molar-refractivity contribution in [2.75, 3.05) is 13.6 Å². The van der Waals surface area contributed by atoms with E-state index >= 15 is 0 Å². The molecule has 0 heterocycles. The first-order chi connectivity index (χ1) is 9.56. The van der Waals surface area contributed by atoms with Gasteiger partial charge in [-0.05, 0) is 11.8 Å². The number of rotatable bonds is 8. The average Bonchev–Trinajstić information content (AvgIpc) is 2.33. The highest BCUT2D eigenvalue weighted by Crippen LogP contribution is 2.09. The van der Waals surface area contributed by atoms with Gasteiger partial charge in [0.2, 0.25) is 11.8 Å². The van der Waals surface area contributed by atoms with E-state index in [2.05, 4.69) is 5.32 Å². The lowest BCUT2D eigenvalue weighted by Crippen LogP contribution is -2.51. The zero-order chi connectivity index (χ0) is 16.7. The predicted octanol–water partition coefficient (Wildman–Crippen LogP) is 1.35. The van der Waals surface area contributed by atoms with Gasteiger partial charge >= 0.3 is 5.97 Å². The molecule has 0 aromatic carbocycles. The maximum atomic E-state index is 12.4. The average molecular weight is 300 g/mol. The summed E-state index contributed by atoms with van der Waals surface area (Å²) in [5.41, 5.74) is 0. The van der Waals surface area contributed by atoms with Crippen LogP contribution >= 0.6 is 0 Å². The Morgan fingerprint density at radius 2 is 1.62 bits per heavy atom. The van der Waals surface area contributed by atoms with Crippen molar-refractivity contribution in [3.8, 4) is 0 Å².